The van der Waals surface area contributed by atoms with Crippen molar-refractivity contribution in [3.05, 3.63) is 35.9 Å². The van der Waals surface area contributed by atoms with Gasteiger partial charge in [0.05, 0.1) is 0 Å². The zero-order chi connectivity index (χ0) is 18.9. The average molecular weight is 361 g/mol. The van der Waals surface area contributed by atoms with Crippen LogP contribution in [0.2, 0.25) is 0 Å². The van der Waals surface area contributed by atoms with Gasteiger partial charge in [0.25, 0.3) is 0 Å². The summed E-state index contributed by atoms with van der Waals surface area (Å²) in [5.74, 6) is -1.01. The third kappa shape index (κ3) is 6.06. The Labute approximate surface area is 154 Å². The number of carbonyl (C=O) groups is 3. The Morgan fingerprint density at radius 3 is 2.46 bits per heavy atom. The molecule has 7 nitrogen and oxygen atoms in total. The zero-order valence-corrected chi connectivity index (χ0v) is 15.2. The fraction of sp³-hybridized carbons (Fsp3) is 0.526. The minimum atomic E-state index is -0.856. The van der Waals surface area contributed by atoms with E-state index in [1.54, 1.807) is 16.8 Å². The van der Waals surface area contributed by atoms with Gasteiger partial charge in [0.15, 0.2) is 0 Å². The van der Waals surface area contributed by atoms with Crippen LogP contribution in [0.25, 0.3) is 0 Å². The Balaban J connectivity index is 1.72. The highest BCUT2D eigenvalue weighted by atomic mass is 16.4. The highest BCUT2D eigenvalue weighted by molar-refractivity contribution is 5.79. The molecule has 26 heavy (non-hydrogen) atoms. The SMILES string of the molecule is CN(Cc1ccccc1)C(=O)N1CCC(C(=O)NCCCC(=O)O)CC1. The van der Waals surface area contributed by atoms with E-state index >= 15 is 0 Å². The second-order valence-electron chi connectivity index (χ2n) is 6.67. The van der Waals surface area contributed by atoms with Gasteiger partial charge < -0.3 is 20.2 Å². The summed E-state index contributed by atoms with van der Waals surface area (Å²) >= 11 is 0. The zero-order valence-electron chi connectivity index (χ0n) is 15.2. The van der Waals surface area contributed by atoms with Gasteiger partial charge in [-0.25, -0.2) is 4.79 Å². The number of nitrogens with one attached hydrogen (secondary N) is 1. The first-order chi connectivity index (χ1) is 12.5. The van der Waals surface area contributed by atoms with E-state index in [-0.39, 0.29) is 24.3 Å². The van der Waals surface area contributed by atoms with Crippen LogP contribution in [0, 0.1) is 5.92 Å². The topological polar surface area (TPSA) is 90.0 Å². The largest absolute Gasteiger partial charge is 0.481 e. The first-order valence-electron chi connectivity index (χ1n) is 9.01. The molecule has 0 spiro atoms. The van der Waals surface area contributed by atoms with E-state index in [2.05, 4.69) is 5.32 Å². The molecule has 0 unspecified atom stereocenters. The number of urea groups is 1. The molecule has 3 amide bonds. The third-order valence-corrected chi connectivity index (χ3v) is 4.59. The molecule has 1 aliphatic rings. The minimum absolute atomic E-state index is 0.0193. The second-order valence-corrected chi connectivity index (χ2v) is 6.67. The molecule has 142 valence electrons. The molecule has 2 rings (SSSR count). The van der Waals surface area contributed by atoms with Gasteiger partial charge in [-0.1, -0.05) is 30.3 Å². The maximum absolute atomic E-state index is 12.5. The number of nitrogens with zero attached hydrogens (tertiary/aromatic N) is 2. The normalized spacial score (nSPS) is 14.7. The molecule has 0 saturated carbocycles. The Morgan fingerprint density at radius 1 is 1.19 bits per heavy atom. The van der Waals surface area contributed by atoms with Crippen LogP contribution in [-0.4, -0.2) is 59.5 Å². The minimum Gasteiger partial charge on any atom is -0.481 e. The fourth-order valence-electron chi connectivity index (χ4n) is 3.09. The summed E-state index contributed by atoms with van der Waals surface area (Å²) in [7, 11) is 1.79. The molecule has 0 bridgehead atoms. The Morgan fingerprint density at radius 2 is 1.85 bits per heavy atom. The Kier molecular flexibility index (Phi) is 7.44. The van der Waals surface area contributed by atoms with Crippen LogP contribution in [0.5, 0.6) is 0 Å². The van der Waals surface area contributed by atoms with Gasteiger partial charge in [-0.15, -0.1) is 0 Å². The van der Waals surface area contributed by atoms with Gasteiger partial charge in [-0.3, -0.25) is 9.59 Å². The van der Waals surface area contributed by atoms with E-state index < -0.39 is 5.97 Å². The summed E-state index contributed by atoms with van der Waals surface area (Å²) in [5.41, 5.74) is 1.08. The van der Waals surface area contributed by atoms with Crippen molar-refractivity contribution in [3.8, 4) is 0 Å². The first-order valence-corrected chi connectivity index (χ1v) is 9.01. The third-order valence-electron chi connectivity index (χ3n) is 4.59. The Bertz CT molecular complexity index is 612. The molecule has 1 aliphatic heterocycles. The number of piperidine rings is 1. The van der Waals surface area contributed by atoms with Gasteiger partial charge in [-0.05, 0) is 24.8 Å². The van der Waals surface area contributed by atoms with Crippen LogP contribution < -0.4 is 5.32 Å². The van der Waals surface area contributed by atoms with Crippen molar-refractivity contribution in [3.63, 3.8) is 0 Å². The van der Waals surface area contributed by atoms with E-state index in [1.807, 2.05) is 30.3 Å². The predicted octanol–water partition coefficient (Wildman–Crippen LogP) is 1.93. The number of hydrogen-bond acceptors (Lipinski definition) is 3. The smallest absolute Gasteiger partial charge is 0.320 e. The highest BCUT2D eigenvalue weighted by Crippen LogP contribution is 2.19. The molecule has 1 saturated heterocycles. The lowest BCUT2D eigenvalue weighted by molar-refractivity contribution is -0.137. The Hall–Kier alpha value is -2.57. The number of rotatable bonds is 7. The van der Waals surface area contributed by atoms with E-state index in [4.69, 9.17) is 5.11 Å². The van der Waals surface area contributed by atoms with E-state index in [9.17, 15) is 14.4 Å². The second kappa shape index (κ2) is 9.79. The molecule has 2 N–H and O–H groups in total. The predicted molar refractivity (Wildman–Crippen MR) is 97.5 cm³/mol. The van der Waals surface area contributed by atoms with Crippen LogP contribution in [0.4, 0.5) is 4.79 Å². The maximum Gasteiger partial charge on any atom is 0.320 e. The fourth-order valence-corrected chi connectivity index (χ4v) is 3.09. The summed E-state index contributed by atoms with van der Waals surface area (Å²) in [6.07, 6.45) is 1.76. The van der Waals surface area contributed by atoms with Crippen molar-refractivity contribution in [1.82, 2.24) is 15.1 Å². The highest BCUT2D eigenvalue weighted by Gasteiger charge is 2.28. The standard InChI is InChI=1S/C19H27N3O4/c1-21(14-15-6-3-2-4-7-15)19(26)22-12-9-16(10-13-22)18(25)20-11-5-8-17(23)24/h2-4,6-7,16H,5,8-14H2,1H3,(H,20,25)(H,23,24). The number of aliphatic carboxylic acids is 1. The van der Waals surface area contributed by atoms with Crippen LogP contribution in [0.3, 0.4) is 0 Å². The van der Waals surface area contributed by atoms with Crippen LogP contribution in [0.1, 0.15) is 31.2 Å². The summed E-state index contributed by atoms with van der Waals surface area (Å²) in [6.45, 7) is 2.06. The van der Waals surface area contributed by atoms with Crippen LogP contribution >= 0.6 is 0 Å². The van der Waals surface area contributed by atoms with Crippen molar-refractivity contribution in [2.24, 2.45) is 5.92 Å². The number of amides is 3. The molecule has 1 fully saturated rings. The summed E-state index contributed by atoms with van der Waals surface area (Å²) in [6, 6.07) is 9.81. The number of carbonyl (C=O) groups excluding carboxylic acids is 2. The molecule has 0 atom stereocenters. The molecular weight excluding hydrogens is 334 g/mol. The lowest BCUT2D eigenvalue weighted by Gasteiger charge is -2.34. The molecule has 0 aromatic heterocycles. The van der Waals surface area contributed by atoms with E-state index in [0.29, 0.717) is 45.4 Å². The molecule has 1 aromatic carbocycles. The molecule has 1 heterocycles. The lowest BCUT2D eigenvalue weighted by atomic mass is 9.96. The van der Waals surface area contributed by atoms with Crippen molar-refractivity contribution < 1.29 is 19.5 Å². The van der Waals surface area contributed by atoms with Crippen LogP contribution in [0.15, 0.2) is 30.3 Å². The van der Waals surface area contributed by atoms with Gasteiger partial charge >= 0.3 is 12.0 Å². The quantitative estimate of drug-likeness (QED) is 0.726. The van der Waals surface area contributed by atoms with E-state index in [1.165, 1.54) is 0 Å². The van der Waals surface area contributed by atoms with Gasteiger partial charge in [0.2, 0.25) is 5.91 Å². The average Bonchev–Trinajstić information content (AvgIpc) is 2.65. The van der Waals surface area contributed by atoms with Crippen molar-refractivity contribution in [2.75, 3.05) is 26.7 Å². The number of likely N-dealkylation sites (tertiary alicyclic amines) is 1. The van der Waals surface area contributed by atoms with Gasteiger partial charge in [-0.2, -0.15) is 0 Å². The van der Waals surface area contributed by atoms with E-state index in [0.717, 1.165) is 5.56 Å². The maximum atomic E-state index is 12.5. The summed E-state index contributed by atoms with van der Waals surface area (Å²) in [4.78, 5) is 38.6. The van der Waals surface area contributed by atoms with Gasteiger partial charge in [0, 0.05) is 45.6 Å². The van der Waals surface area contributed by atoms with Crippen molar-refractivity contribution in [2.45, 2.75) is 32.2 Å². The number of carboxylic acids is 1. The molecule has 0 radical (unpaired) electrons. The monoisotopic (exact) mass is 361 g/mol. The molecule has 7 heteroatoms. The number of hydrogen-bond donors (Lipinski definition) is 2. The first kappa shape index (κ1) is 19.8. The van der Waals surface area contributed by atoms with Crippen molar-refractivity contribution in [1.29, 1.82) is 0 Å². The summed E-state index contributed by atoms with van der Waals surface area (Å²) in [5, 5.41) is 11.4. The van der Waals surface area contributed by atoms with Crippen molar-refractivity contribution >= 4 is 17.9 Å². The molecule has 0 aliphatic carbocycles. The van der Waals surface area contributed by atoms with Crippen LogP contribution in [-0.2, 0) is 16.1 Å². The summed E-state index contributed by atoms with van der Waals surface area (Å²) < 4.78 is 0. The lowest BCUT2D eigenvalue weighted by Crippen LogP contribution is -2.47. The number of benzene rings is 1. The molecular formula is C19H27N3O4. The molecule has 1 aromatic rings. The number of carboxylic acid groups (broad SMARTS) is 1. The van der Waals surface area contributed by atoms with Gasteiger partial charge in [0.1, 0.15) is 0 Å².